The number of carbonyl (C=O) groups excluding carboxylic acids is 1. The highest BCUT2D eigenvalue weighted by atomic mass is 32.2. The standard InChI is InChI=1S/C9H20N2O3S/c1-7(2)11(4)9(12)6-15(13,14)5-8(3)10/h7-8H,5-6,10H2,1-4H3. The molecule has 0 aromatic carbocycles. The Morgan fingerprint density at radius 2 is 1.80 bits per heavy atom. The molecule has 0 aliphatic rings. The van der Waals surface area contributed by atoms with E-state index in [9.17, 15) is 13.2 Å². The molecule has 0 saturated heterocycles. The van der Waals surface area contributed by atoms with Crippen molar-refractivity contribution in [2.24, 2.45) is 5.73 Å². The molecule has 0 rings (SSSR count). The SMILES string of the molecule is CC(N)CS(=O)(=O)CC(=O)N(C)C(C)C. The third-order valence-corrected chi connectivity index (χ3v) is 3.75. The van der Waals surface area contributed by atoms with Crippen molar-refractivity contribution in [2.75, 3.05) is 18.6 Å². The third-order valence-electron chi connectivity index (χ3n) is 2.03. The molecule has 0 spiro atoms. The highest BCUT2D eigenvalue weighted by Crippen LogP contribution is 2.00. The summed E-state index contributed by atoms with van der Waals surface area (Å²) in [5.41, 5.74) is 5.39. The van der Waals surface area contributed by atoms with Crippen LogP contribution < -0.4 is 5.73 Å². The number of hydrogen-bond acceptors (Lipinski definition) is 4. The molecule has 0 aliphatic carbocycles. The molecular weight excluding hydrogens is 216 g/mol. The zero-order valence-electron chi connectivity index (χ0n) is 9.73. The summed E-state index contributed by atoms with van der Waals surface area (Å²) >= 11 is 0. The third kappa shape index (κ3) is 5.74. The van der Waals surface area contributed by atoms with Gasteiger partial charge in [-0.25, -0.2) is 8.42 Å². The van der Waals surface area contributed by atoms with Crippen LogP contribution in [0.25, 0.3) is 0 Å². The van der Waals surface area contributed by atoms with Gasteiger partial charge in [0.15, 0.2) is 9.84 Å². The summed E-state index contributed by atoms with van der Waals surface area (Å²) in [6, 6.07) is -0.435. The summed E-state index contributed by atoms with van der Waals surface area (Å²) in [4.78, 5) is 12.9. The summed E-state index contributed by atoms with van der Waals surface area (Å²) in [6.07, 6.45) is 0. The molecule has 0 aromatic heterocycles. The van der Waals surface area contributed by atoms with Crippen LogP contribution in [0, 0.1) is 0 Å². The Labute approximate surface area is 91.5 Å². The first-order chi connectivity index (χ1) is 6.65. The Balaban J connectivity index is 4.41. The Hall–Kier alpha value is -0.620. The maximum atomic E-state index is 11.5. The summed E-state index contributed by atoms with van der Waals surface area (Å²) in [6.45, 7) is 5.26. The van der Waals surface area contributed by atoms with Gasteiger partial charge in [-0.1, -0.05) is 0 Å². The number of amides is 1. The van der Waals surface area contributed by atoms with E-state index in [1.54, 1.807) is 14.0 Å². The van der Waals surface area contributed by atoms with Crippen LogP contribution in [0.1, 0.15) is 20.8 Å². The van der Waals surface area contributed by atoms with E-state index in [2.05, 4.69) is 0 Å². The lowest BCUT2D eigenvalue weighted by Gasteiger charge is -2.21. The maximum Gasteiger partial charge on any atom is 0.237 e. The molecule has 15 heavy (non-hydrogen) atoms. The van der Waals surface area contributed by atoms with Crippen LogP contribution in [-0.4, -0.2) is 49.9 Å². The maximum absolute atomic E-state index is 11.5. The highest BCUT2D eigenvalue weighted by molar-refractivity contribution is 7.92. The van der Waals surface area contributed by atoms with Crippen molar-refractivity contribution >= 4 is 15.7 Å². The van der Waals surface area contributed by atoms with E-state index in [1.165, 1.54) is 4.90 Å². The summed E-state index contributed by atoms with van der Waals surface area (Å²) in [5.74, 6) is -0.987. The van der Waals surface area contributed by atoms with Gasteiger partial charge >= 0.3 is 0 Å². The molecular formula is C9H20N2O3S. The zero-order valence-corrected chi connectivity index (χ0v) is 10.5. The van der Waals surface area contributed by atoms with Crippen molar-refractivity contribution < 1.29 is 13.2 Å². The number of sulfone groups is 1. The van der Waals surface area contributed by atoms with Gasteiger partial charge in [-0.05, 0) is 20.8 Å². The van der Waals surface area contributed by atoms with E-state index in [-0.39, 0.29) is 17.7 Å². The van der Waals surface area contributed by atoms with Gasteiger partial charge in [0.05, 0.1) is 5.75 Å². The van der Waals surface area contributed by atoms with Crippen molar-refractivity contribution in [2.45, 2.75) is 32.9 Å². The van der Waals surface area contributed by atoms with Gasteiger partial charge in [0.2, 0.25) is 5.91 Å². The second-order valence-electron chi connectivity index (χ2n) is 4.13. The molecule has 1 unspecified atom stereocenters. The van der Waals surface area contributed by atoms with Gasteiger partial charge in [-0.2, -0.15) is 0 Å². The molecule has 2 N–H and O–H groups in total. The van der Waals surface area contributed by atoms with Crippen LogP contribution in [-0.2, 0) is 14.6 Å². The lowest BCUT2D eigenvalue weighted by molar-refractivity contribution is -0.128. The van der Waals surface area contributed by atoms with Gasteiger partial charge in [-0.3, -0.25) is 4.79 Å². The quantitative estimate of drug-likeness (QED) is 0.705. The van der Waals surface area contributed by atoms with E-state index < -0.39 is 21.6 Å². The molecule has 1 amide bonds. The average molecular weight is 236 g/mol. The Kier molecular flexibility index (Phi) is 5.23. The fourth-order valence-corrected chi connectivity index (χ4v) is 2.54. The predicted molar refractivity (Wildman–Crippen MR) is 60.2 cm³/mol. The predicted octanol–water partition coefficient (Wildman–Crippen LogP) is -0.385. The van der Waals surface area contributed by atoms with Crippen LogP contribution in [0.15, 0.2) is 0 Å². The first kappa shape index (κ1) is 14.4. The summed E-state index contributed by atoms with van der Waals surface area (Å²) in [7, 11) is -1.78. The molecule has 0 radical (unpaired) electrons. The molecule has 0 saturated carbocycles. The topological polar surface area (TPSA) is 80.5 Å². The van der Waals surface area contributed by atoms with E-state index in [4.69, 9.17) is 5.73 Å². The lowest BCUT2D eigenvalue weighted by Crippen LogP contribution is -2.39. The molecule has 90 valence electrons. The van der Waals surface area contributed by atoms with Crippen molar-refractivity contribution in [3.63, 3.8) is 0 Å². The second-order valence-corrected chi connectivity index (χ2v) is 6.24. The summed E-state index contributed by atoms with van der Waals surface area (Å²) < 4.78 is 22.9. The molecule has 0 fully saturated rings. The number of hydrogen-bond donors (Lipinski definition) is 1. The van der Waals surface area contributed by atoms with Crippen LogP contribution in [0.2, 0.25) is 0 Å². The van der Waals surface area contributed by atoms with Gasteiger partial charge in [-0.15, -0.1) is 0 Å². The molecule has 5 nitrogen and oxygen atoms in total. The zero-order chi connectivity index (χ0) is 12.2. The lowest BCUT2D eigenvalue weighted by atomic mass is 10.3. The Bertz CT molecular complexity index is 309. The molecule has 0 aromatic rings. The normalized spacial score (nSPS) is 14.0. The number of nitrogens with two attached hydrogens (primary N) is 1. The number of rotatable bonds is 5. The fraction of sp³-hybridized carbons (Fsp3) is 0.889. The minimum Gasteiger partial charge on any atom is -0.342 e. The van der Waals surface area contributed by atoms with Gasteiger partial charge < -0.3 is 10.6 Å². The number of nitrogens with zero attached hydrogens (tertiary/aromatic N) is 1. The van der Waals surface area contributed by atoms with Crippen LogP contribution in [0.4, 0.5) is 0 Å². The van der Waals surface area contributed by atoms with Crippen LogP contribution in [0.3, 0.4) is 0 Å². The Morgan fingerprint density at radius 1 is 1.33 bits per heavy atom. The molecule has 1 atom stereocenters. The second kappa shape index (κ2) is 5.46. The van der Waals surface area contributed by atoms with Crippen molar-refractivity contribution in [3.05, 3.63) is 0 Å². The van der Waals surface area contributed by atoms with Gasteiger partial charge in [0, 0.05) is 19.1 Å². The number of carbonyl (C=O) groups is 1. The molecule has 0 bridgehead atoms. The largest absolute Gasteiger partial charge is 0.342 e. The minimum absolute atomic E-state index is 0.00278. The van der Waals surface area contributed by atoms with Gasteiger partial charge in [0.25, 0.3) is 0 Å². The Morgan fingerprint density at radius 3 is 2.13 bits per heavy atom. The fourth-order valence-electron chi connectivity index (χ4n) is 1.04. The van der Waals surface area contributed by atoms with Gasteiger partial charge in [0.1, 0.15) is 5.75 Å². The van der Waals surface area contributed by atoms with Crippen molar-refractivity contribution in [1.82, 2.24) is 4.90 Å². The van der Waals surface area contributed by atoms with Crippen LogP contribution >= 0.6 is 0 Å². The van der Waals surface area contributed by atoms with E-state index in [0.717, 1.165) is 0 Å². The van der Waals surface area contributed by atoms with E-state index in [0.29, 0.717) is 0 Å². The average Bonchev–Trinajstić information content (AvgIpc) is 1.98. The smallest absolute Gasteiger partial charge is 0.237 e. The first-order valence-electron chi connectivity index (χ1n) is 4.87. The van der Waals surface area contributed by atoms with Crippen LogP contribution in [0.5, 0.6) is 0 Å². The first-order valence-corrected chi connectivity index (χ1v) is 6.69. The highest BCUT2D eigenvalue weighted by Gasteiger charge is 2.21. The molecule has 6 heteroatoms. The molecule has 0 aliphatic heterocycles. The monoisotopic (exact) mass is 236 g/mol. The van der Waals surface area contributed by atoms with Crippen molar-refractivity contribution in [1.29, 1.82) is 0 Å². The molecule has 0 heterocycles. The van der Waals surface area contributed by atoms with E-state index >= 15 is 0 Å². The minimum atomic E-state index is -3.37. The van der Waals surface area contributed by atoms with E-state index in [1.807, 2.05) is 13.8 Å². The van der Waals surface area contributed by atoms with Crippen molar-refractivity contribution in [3.8, 4) is 0 Å². The summed E-state index contributed by atoms with van der Waals surface area (Å²) in [5, 5.41) is 0.